The number of benzene rings is 1. The van der Waals surface area contributed by atoms with E-state index in [2.05, 4.69) is 53.9 Å². The number of hydrogen-bond donors (Lipinski definition) is 0. The van der Waals surface area contributed by atoms with Crippen molar-refractivity contribution in [2.75, 3.05) is 25.1 Å². The maximum Gasteiger partial charge on any atom is 0.252 e. The molecule has 0 amide bonds. The standard InChI is InChI=1S/C26H34N6O2/c1-6-19-16-32(22-14-25(33)29(4)23-17-30(13-12-27)28-26(22)23)20(7-2)15-31(19)18(3)21-10-8-9-11-24(21)34-5/h8-11,14,17-20H,6-7,13,15-16H2,1-5H3/t18?,19-,20+/m1/s1. The zero-order chi connectivity index (χ0) is 24.4. The molecule has 1 aromatic carbocycles. The van der Waals surface area contributed by atoms with E-state index in [1.165, 1.54) is 5.56 Å². The lowest BCUT2D eigenvalue weighted by Crippen LogP contribution is -2.58. The van der Waals surface area contributed by atoms with Gasteiger partial charge in [0.25, 0.3) is 5.56 Å². The Balaban J connectivity index is 1.73. The second-order valence-electron chi connectivity index (χ2n) is 9.04. The number of rotatable bonds is 7. The normalized spacial score (nSPS) is 19.8. The molecule has 1 aliphatic heterocycles. The van der Waals surface area contributed by atoms with Crippen molar-refractivity contribution in [1.82, 2.24) is 19.2 Å². The first-order valence-electron chi connectivity index (χ1n) is 12.0. The van der Waals surface area contributed by atoms with Crippen molar-refractivity contribution in [1.29, 1.82) is 5.26 Å². The zero-order valence-electron chi connectivity index (χ0n) is 20.7. The van der Waals surface area contributed by atoms with E-state index in [0.29, 0.717) is 6.04 Å². The largest absolute Gasteiger partial charge is 0.496 e. The maximum absolute atomic E-state index is 12.8. The highest BCUT2D eigenvalue weighted by molar-refractivity contribution is 5.88. The maximum atomic E-state index is 12.8. The Bertz CT molecular complexity index is 1260. The van der Waals surface area contributed by atoms with Gasteiger partial charge in [-0.15, -0.1) is 0 Å². The van der Waals surface area contributed by atoms with Crippen LogP contribution in [0.3, 0.4) is 0 Å². The average Bonchev–Trinajstić information content (AvgIpc) is 3.29. The van der Waals surface area contributed by atoms with Crippen LogP contribution >= 0.6 is 0 Å². The molecule has 3 atom stereocenters. The number of nitriles is 1. The summed E-state index contributed by atoms with van der Waals surface area (Å²) in [7, 11) is 3.48. The quantitative estimate of drug-likeness (QED) is 0.533. The molecular weight excluding hydrogens is 428 g/mol. The summed E-state index contributed by atoms with van der Waals surface area (Å²) in [6.07, 6.45) is 3.73. The van der Waals surface area contributed by atoms with Gasteiger partial charge in [-0.25, -0.2) is 0 Å². The molecule has 0 spiro atoms. The minimum Gasteiger partial charge on any atom is -0.496 e. The molecule has 8 heteroatoms. The van der Waals surface area contributed by atoms with Crippen molar-refractivity contribution in [3.63, 3.8) is 0 Å². The van der Waals surface area contributed by atoms with Crippen LogP contribution in [0.15, 0.2) is 41.3 Å². The Hall–Kier alpha value is -3.31. The Labute approximate surface area is 200 Å². The summed E-state index contributed by atoms with van der Waals surface area (Å²) < 4.78 is 8.88. The van der Waals surface area contributed by atoms with Gasteiger partial charge in [-0.05, 0) is 25.8 Å². The molecule has 8 nitrogen and oxygen atoms in total. The number of methoxy groups -OCH3 is 1. The van der Waals surface area contributed by atoms with Crippen molar-refractivity contribution in [2.24, 2.45) is 7.05 Å². The first-order valence-corrected chi connectivity index (χ1v) is 12.0. The van der Waals surface area contributed by atoms with Gasteiger partial charge in [0, 0.05) is 49.9 Å². The van der Waals surface area contributed by atoms with E-state index >= 15 is 0 Å². The van der Waals surface area contributed by atoms with Crippen molar-refractivity contribution in [3.8, 4) is 11.8 Å². The molecule has 0 aliphatic carbocycles. The highest BCUT2D eigenvalue weighted by atomic mass is 16.5. The second-order valence-corrected chi connectivity index (χ2v) is 9.04. The molecule has 1 unspecified atom stereocenters. The summed E-state index contributed by atoms with van der Waals surface area (Å²) in [6, 6.07) is 12.8. The first kappa shape index (κ1) is 23.8. The van der Waals surface area contributed by atoms with E-state index in [0.717, 1.165) is 48.4 Å². The van der Waals surface area contributed by atoms with Crippen LogP contribution in [0.1, 0.15) is 45.2 Å². The van der Waals surface area contributed by atoms with Gasteiger partial charge in [-0.2, -0.15) is 10.4 Å². The molecule has 2 aromatic heterocycles. The van der Waals surface area contributed by atoms with Crippen LogP contribution in [-0.4, -0.2) is 51.5 Å². The minimum atomic E-state index is -0.0632. The third kappa shape index (κ3) is 4.16. The van der Waals surface area contributed by atoms with Crippen LogP contribution in [0, 0.1) is 11.3 Å². The molecule has 4 rings (SSSR count). The van der Waals surface area contributed by atoms with Crippen molar-refractivity contribution < 1.29 is 4.74 Å². The Morgan fingerprint density at radius 1 is 1.21 bits per heavy atom. The molecule has 1 aliphatic rings. The lowest BCUT2D eigenvalue weighted by atomic mass is 9.96. The molecule has 180 valence electrons. The van der Waals surface area contributed by atoms with Gasteiger partial charge in [0.2, 0.25) is 0 Å². The molecule has 0 bridgehead atoms. The van der Waals surface area contributed by atoms with Crippen molar-refractivity contribution >= 4 is 16.7 Å². The number of anilines is 1. The summed E-state index contributed by atoms with van der Waals surface area (Å²) >= 11 is 0. The number of fused-ring (bicyclic) bond motifs is 1. The van der Waals surface area contributed by atoms with E-state index in [1.807, 2.05) is 12.1 Å². The fourth-order valence-electron chi connectivity index (χ4n) is 5.26. The van der Waals surface area contributed by atoms with Crippen molar-refractivity contribution in [2.45, 2.75) is 58.3 Å². The Morgan fingerprint density at radius 2 is 1.94 bits per heavy atom. The first-order chi connectivity index (χ1) is 16.4. The van der Waals surface area contributed by atoms with Gasteiger partial charge in [0.1, 0.15) is 17.8 Å². The molecule has 1 saturated heterocycles. The summed E-state index contributed by atoms with van der Waals surface area (Å²) in [5.41, 5.74) is 3.52. The van der Waals surface area contributed by atoms with Gasteiger partial charge < -0.3 is 14.2 Å². The molecule has 3 heterocycles. The number of ether oxygens (including phenoxy) is 1. The van der Waals surface area contributed by atoms with Crippen LogP contribution in [0.5, 0.6) is 5.75 Å². The smallest absolute Gasteiger partial charge is 0.252 e. The number of piperazine rings is 1. The third-order valence-corrected chi connectivity index (χ3v) is 7.25. The van der Waals surface area contributed by atoms with Crippen LogP contribution in [-0.2, 0) is 13.6 Å². The Morgan fingerprint density at radius 3 is 2.62 bits per heavy atom. The second kappa shape index (κ2) is 9.90. The van der Waals surface area contributed by atoms with Crippen LogP contribution in [0.25, 0.3) is 11.0 Å². The van der Waals surface area contributed by atoms with Crippen LogP contribution in [0.4, 0.5) is 5.69 Å². The van der Waals surface area contributed by atoms with Gasteiger partial charge in [0.15, 0.2) is 0 Å². The molecule has 34 heavy (non-hydrogen) atoms. The average molecular weight is 463 g/mol. The molecule has 1 fully saturated rings. The van der Waals surface area contributed by atoms with E-state index < -0.39 is 0 Å². The van der Waals surface area contributed by atoms with Crippen LogP contribution in [0.2, 0.25) is 0 Å². The van der Waals surface area contributed by atoms with Gasteiger partial charge in [0.05, 0.1) is 30.6 Å². The summed E-state index contributed by atoms with van der Waals surface area (Å²) in [5.74, 6) is 0.914. The predicted molar refractivity (Wildman–Crippen MR) is 134 cm³/mol. The van der Waals surface area contributed by atoms with Crippen LogP contribution < -0.4 is 15.2 Å². The number of para-hydroxylation sites is 1. The highest BCUT2D eigenvalue weighted by Gasteiger charge is 2.37. The van der Waals surface area contributed by atoms with E-state index in [-0.39, 0.29) is 24.2 Å². The SMILES string of the molecule is CC[C@H]1CN(C(C)c2ccccc2OC)[C@H](CC)CN1c1cc(=O)n(C)c2cn(CC#N)nc12. The Kier molecular flexibility index (Phi) is 6.94. The number of hydrogen-bond acceptors (Lipinski definition) is 6. The molecule has 0 saturated carbocycles. The summed E-state index contributed by atoms with van der Waals surface area (Å²) in [4.78, 5) is 17.8. The lowest BCUT2D eigenvalue weighted by molar-refractivity contribution is 0.0998. The topological polar surface area (TPSA) is 79.3 Å². The fraction of sp³-hybridized carbons (Fsp3) is 0.500. The molecule has 3 aromatic rings. The lowest BCUT2D eigenvalue weighted by Gasteiger charge is -2.49. The summed E-state index contributed by atoms with van der Waals surface area (Å²) in [5, 5.41) is 13.8. The van der Waals surface area contributed by atoms with Gasteiger partial charge in [-0.1, -0.05) is 32.0 Å². The number of aromatic nitrogens is 3. The number of pyridine rings is 1. The molecule has 0 N–H and O–H groups in total. The highest BCUT2D eigenvalue weighted by Crippen LogP contribution is 2.36. The zero-order valence-corrected chi connectivity index (χ0v) is 20.7. The van der Waals surface area contributed by atoms with Gasteiger partial charge in [-0.3, -0.25) is 14.4 Å². The molecule has 0 radical (unpaired) electrons. The molecular formula is C26H34N6O2. The fourth-order valence-corrected chi connectivity index (χ4v) is 5.26. The van der Waals surface area contributed by atoms with E-state index in [4.69, 9.17) is 10.00 Å². The van der Waals surface area contributed by atoms with Gasteiger partial charge >= 0.3 is 0 Å². The number of aryl methyl sites for hydroxylation is 1. The number of nitrogens with zero attached hydrogens (tertiary/aromatic N) is 6. The van der Waals surface area contributed by atoms with E-state index in [1.54, 1.807) is 35.7 Å². The minimum absolute atomic E-state index is 0.0632. The monoisotopic (exact) mass is 462 g/mol. The van der Waals surface area contributed by atoms with E-state index in [9.17, 15) is 4.79 Å². The van der Waals surface area contributed by atoms with Crippen molar-refractivity contribution in [3.05, 3.63) is 52.4 Å². The summed E-state index contributed by atoms with van der Waals surface area (Å²) in [6.45, 7) is 8.51. The predicted octanol–water partition coefficient (Wildman–Crippen LogP) is 3.71. The third-order valence-electron chi connectivity index (χ3n) is 7.25.